The minimum Gasteiger partial charge on any atom is -0.489 e. The number of hydrogen-bond acceptors (Lipinski definition) is 8. The Kier molecular flexibility index (Phi) is 9.23. The Hall–Kier alpha value is -4.61. The molecule has 0 aliphatic carbocycles. The number of nitrogens with one attached hydrogen (secondary N) is 2. The minimum absolute atomic E-state index is 0.349. The van der Waals surface area contributed by atoms with Gasteiger partial charge in [0.15, 0.2) is 11.5 Å². The molecule has 0 saturated carbocycles. The van der Waals surface area contributed by atoms with Crippen LogP contribution in [0.4, 0.5) is 14.9 Å². The molecule has 10 nitrogen and oxygen atoms in total. The molecule has 2 aliphatic heterocycles. The summed E-state index contributed by atoms with van der Waals surface area (Å²) in [5, 5.41) is 6.30. The minimum atomic E-state index is -0.404. The zero-order valence-electron chi connectivity index (χ0n) is 24.5. The van der Waals surface area contributed by atoms with Gasteiger partial charge < -0.3 is 34.3 Å². The molecule has 2 aliphatic rings. The molecular weight excluding hydrogens is 567 g/mol. The molecule has 1 aromatic heterocycles. The van der Waals surface area contributed by atoms with E-state index in [1.807, 2.05) is 6.07 Å². The zero-order valence-corrected chi connectivity index (χ0v) is 24.5. The molecule has 3 heterocycles. The quantitative estimate of drug-likeness (QED) is 0.216. The van der Waals surface area contributed by atoms with Crippen molar-refractivity contribution in [3.05, 3.63) is 78.2 Å². The number of urea groups is 1. The van der Waals surface area contributed by atoms with E-state index in [4.69, 9.17) is 23.7 Å². The Bertz CT molecular complexity index is 1600. The monoisotopic (exact) mass is 602 g/mol. The van der Waals surface area contributed by atoms with Crippen molar-refractivity contribution in [1.29, 1.82) is 0 Å². The van der Waals surface area contributed by atoms with Gasteiger partial charge in [-0.3, -0.25) is 9.88 Å². The van der Waals surface area contributed by atoms with Crippen molar-refractivity contribution >= 4 is 22.6 Å². The van der Waals surface area contributed by atoms with E-state index in [1.54, 1.807) is 55.6 Å². The van der Waals surface area contributed by atoms with Crippen molar-refractivity contribution in [3.63, 3.8) is 0 Å². The number of nitrogens with zero attached hydrogens (tertiary/aromatic N) is 2. The van der Waals surface area contributed by atoms with Gasteiger partial charge in [-0.05, 0) is 61.4 Å². The van der Waals surface area contributed by atoms with Gasteiger partial charge in [0, 0.05) is 37.6 Å². The second-order valence-electron chi connectivity index (χ2n) is 10.6. The SMILES string of the molecule is CC(NC(=O)Nc1ccc(Oc2ccnc3cc(OCCCN4CCOCC4)c4c(c23)OCCO4)cc1)c1cccc(F)c1. The lowest BCUT2D eigenvalue weighted by Gasteiger charge is -2.26. The van der Waals surface area contributed by atoms with Crippen LogP contribution in [0.1, 0.15) is 24.9 Å². The molecule has 0 radical (unpaired) electrons. The molecule has 11 heteroatoms. The Morgan fingerprint density at radius 3 is 2.59 bits per heavy atom. The molecular formula is C33H35FN4O6. The number of halogens is 1. The number of pyridine rings is 1. The maximum atomic E-state index is 13.5. The summed E-state index contributed by atoms with van der Waals surface area (Å²) in [6.45, 7) is 7.53. The second kappa shape index (κ2) is 13.8. The Morgan fingerprint density at radius 2 is 1.80 bits per heavy atom. The first-order valence-corrected chi connectivity index (χ1v) is 14.8. The first-order chi connectivity index (χ1) is 21.5. The number of rotatable bonds is 10. The van der Waals surface area contributed by atoms with Gasteiger partial charge in [0.1, 0.15) is 30.5 Å². The highest BCUT2D eigenvalue weighted by Gasteiger charge is 2.25. The summed E-state index contributed by atoms with van der Waals surface area (Å²) in [5.74, 6) is 2.45. The van der Waals surface area contributed by atoms with Crippen LogP contribution in [-0.4, -0.2) is 68.6 Å². The van der Waals surface area contributed by atoms with Gasteiger partial charge in [0.05, 0.1) is 36.8 Å². The molecule has 44 heavy (non-hydrogen) atoms. The lowest BCUT2D eigenvalue weighted by molar-refractivity contribution is 0.0357. The molecule has 1 unspecified atom stereocenters. The third-order valence-corrected chi connectivity index (χ3v) is 7.46. The highest BCUT2D eigenvalue weighted by atomic mass is 19.1. The third kappa shape index (κ3) is 7.12. The van der Waals surface area contributed by atoms with Crippen molar-refractivity contribution in [3.8, 4) is 28.7 Å². The molecule has 230 valence electrons. The van der Waals surface area contributed by atoms with E-state index < -0.39 is 6.03 Å². The normalized spacial score (nSPS) is 15.4. The highest BCUT2D eigenvalue weighted by molar-refractivity contribution is 5.95. The van der Waals surface area contributed by atoms with Crippen molar-refractivity contribution in [2.75, 3.05) is 58.0 Å². The van der Waals surface area contributed by atoms with Gasteiger partial charge >= 0.3 is 6.03 Å². The molecule has 3 aromatic carbocycles. The van der Waals surface area contributed by atoms with E-state index in [1.165, 1.54) is 12.1 Å². The lowest BCUT2D eigenvalue weighted by atomic mass is 10.1. The Morgan fingerprint density at radius 1 is 1.00 bits per heavy atom. The fourth-order valence-corrected chi connectivity index (χ4v) is 5.22. The number of benzene rings is 3. The molecule has 4 aromatic rings. The topological polar surface area (TPSA) is 103 Å². The average Bonchev–Trinajstić information content (AvgIpc) is 3.04. The van der Waals surface area contributed by atoms with Gasteiger partial charge in [0.2, 0.25) is 5.75 Å². The molecule has 1 saturated heterocycles. The molecule has 1 atom stereocenters. The maximum absolute atomic E-state index is 13.5. The third-order valence-electron chi connectivity index (χ3n) is 7.46. The van der Waals surface area contributed by atoms with Crippen molar-refractivity contribution in [2.45, 2.75) is 19.4 Å². The molecule has 6 rings (SSSR count). The number of carbonyl (C=O) groups excluding carboxylic acids is 1. The zero-order chi connectivity index (χ0) is 30.3. The average molecular weight is 603 g/mol. The lowest BCUT2D eigenvalue weighted by Crippen LogP contribution is -2.37. The smallest absolute Gasteiger partial charge is 0.319 e. The number of hydrogen-bond donors (Lipinski definition) is 2. The van der Waals surface area contributed by atoms with Gasteiger partial charge in [-0.15, -0.1) is 0 Å². The van der Waals surface area contributed by atoms with Crippen LogP contribution in [0.5, 0.6) is 28.7 Å². The van der Waals surface area contributed by atoms with Crippen LogP contribution < -0.4 is 29.6 Å². The molecule has 2 N–H and O–H groups in total. The van der Waals surface area contributed by atoms with Gasteiger partial charge in [0.25, 0.3) is 0 Å². The fraction of sp³-hybridized carbons (Fsp3) is 0.333. The summed E-state index contributed by atoms with van der Waals surface area (Å²) in [4.78, 5) is 19.5. The first kappa shape index (κ1) is 29.5. The predicted molar refractivity (Wildman–Crippen MR) is 164 cm³/mol. The van der Waals surface area contributed by atoms with E-state index in [0.29, 0.717) is 70.7 Å². The largest absolute Gasteiger partial charge is 0.489 e. The van der Waals surface area contributed by atoms with Crippen LogP contribution in [0.2, 0.25) is 0 Å². The van der Waals surface area contributed by atoms with E-state index >= 15 is 0 Å². The summed E-state index contributed by atoms with van der Waals surface area (Å²) in [6.07, 6.45) is 2.55. The summed E-state index contributed by atoms with van der Waals surface area (Å²) >= 11 is 0. The molecule has 1 fully saturated rings. The first-order valence-electron chi connectivity index (χ1n) is 14.8. The number of ether oxygens (including phenoxy) is 5. The van der Waals surface area contributed by atoms with Crippen LogP contribution in [0.25, 0.3) is 10.9 Å². The molecule has 0 spiro atoms. The van der Waals surface area contributed by atoms with Crippen molar-refractivity contribution in [1.82, 2.24) is 15.2 Å². The van der Waals surface area contributed by atoms with Crippen molar-refractivity contribution in [2.24, 2.45) is 0 Å². The number of morpholine rings is 1. The van der Waals surface area contributed by atoms with Crippen LogP contribution in [-0.2, 0) is 4.74 Å². The number of anilines is 1. The van der Waals surface area contributed by atoms with E-state index in [2.05, 4.69) is 20.5 Å². The summed E-state index contributed by atoms with van der Waals surface area (Å²) < 4.78 is 43.5. The van der Waals surface area contributed by atoms with Crippen LogP contribution in [0.3, 0.4) is 0 Å². The van der Waals surface area contributed by atoms with Crippen LogP contribution >= 0.6 is 0 Å². The summed E-state index contributed by atoms with van der Waals surface area (Å²) in [5.41, 5.74) is 1.91. The summed E-state index contributed by atoms with van der Waals surface area (Å²) in [7, 11) is 0. The number of aromatic nitrogens is 1. The molecule has 2 amide bonds. The second-order valence-corrected chi connectivity index (χ2v) is 10.6. The molecule has 0 bridgehead atoms. The van der Waals surface area contributed by atoms with Crippen LogP contribution in [0, 0.1) is 5.82 Å². The van der Waals surface area contributed by atoms with Gasteiger partial charge in [-0.25, -0.2) is 9.18 Å². The van der Waals surface area contributed by atoms with E-state index in [-0.39, 0.29) is 11.9 Å². The standard InChI is InChI=1S/C33H35FN4O6/c1-22(23-4-2-5-24(34)20-23)36-33(39)37-25-6-8-26(9-7-25)44-28-10-11-35-27-21-29(31-32(30(27)28)43-19-18-42-31)41-15-3-12-38-13-16-40-17-14-38/h2,4-11,20-22H,3,12-19H2,1H3,(H2,36,37,39). The summed E-state index contributed by atoms with van der Waals surface area (Å²) in [6, 6.07) is 16.0. The fourth-order valence-electron chi connectivity index (χ4n) is 5.22. The van der Waals surface area contributed by atoms with E-state index in [0.717, 1.165) is 39.3 Å². The van der Waals surface area contributed by atoms with Crippen LogP contribution in [0.15, 0.2) is 66.9 Å². The van der Waals surface area contributed by atoms with E-state index in [9.17, 15) is 9.18 Å². The Labute approximate surface area is 255 Å². The highest BCUT2D eigenvalue weighted by Crippen LogP contribution is 2.48. The predicted octanol–water partition coefficient (Wildman–Crippen LogP) is 5.92. The number of amides is 2. The Balaban J connectivity index is 1.12. The number of carbonyl (C=O) groups is 1. The van der Waals surface area contributed by atoms with Gasteiger partial charge in [-0.1, -0.05) is 12.1 Å². The van der Waals surface area contributed by atoms with Crippen molar-refractivity contribution < 1.29 is 32.9 Å². The van der Waals surface area contributed by atoms with Gasteiger partial charge in [-0.2, -0.15) is 0 Å². The number of fused-ring (bicyclic) bond motifs is 3. The maximum Gasteiger partial charge on any atom is 0.319 e.